The van der Waals surface area contributed by atoms with Crippen molar-refractivity contribution in [3.05, 3.63) is 51.6 Å². The molecule has 0 aliphatic carbocycles. The molecule has 5 nitrogen and oxygen atoms in total. The number of aromatic nitrogens is 2. The van der Waals surface area contributed by atoms with Crippen molar-refractivity contribution < 1.29 is 9.84 Å². The summed E-state index contributed by atoms with van der Waals surface area (Å²) in [6.07, 6.45) is 0.738. The second-order valence-corrected chi connectivity index (χ2v) is 4.72. The zero-order chi connectivity index (χ0) is 13.4. The van der Waals surface area contributed by atoms with Gasteiger partial charge in [-0.3, -0.25) is 4.79 Å². The van der Waals surface area contributed by atoms with E-state index in [9.17, 15) is 9.90 Å². The van der Waals surface area contributed by atoms with Crippen molar-refractivity contribution in [2.24, 2.45) is 0 Å². The summed E-state index contributed by atoms with van der Waals surface area (Å²) in [4.78, 5) is 18.4. The van der Waals surface area contributed by atoms with Crippen LogP contribution in [0, 0.1) is 6.92 Å². The number of hydrogen-bond acceptors (Lipinski definition) is 4. The summed E-state index contributed by atoms with van der Waals surface area (Å²) < 4.78 is 5.66. The van der Waals surface area contributed by atoms with Crippen molar-refractivity contribution in [3.8, 4) is 11.6 Å². The highest BCUT2D eigenvalue weighted by Gasteiger charge is 2.24. The standard InChI is InChI=1S/C14H14N2O3/c1-8-13(17)15-12(16-14(8)18)10-6-9-4-2-3-5-11(9)19-7-10/h2-5,10H,6-7H2,1H3,(H2,15,16,17,18). The SMILES string of the molecule is Cc1c(O)nc(C2COc3ccccc3C2)[nH]c1=O. The van der Waals surface area contributed by atoms with Gasteiger partial charge in [0.15, 0.2) is 0 Å². The average Bonchev–Trinajstić information content (AvgIpc) is 2.43. The molecule has 1 aromatic carbocycles. The van der Waals surface area contributed by atoms with E-state index in [1.54, 1.807) is 0 Å². The average molecular weight is 258 g/mol. The minimum Gasteiger partial charge on any atom is -0.493 e. The van der Waals surface area contributed by atoms with Crippen molar-refractivity contribution in [1.29, 1.82) is 0 Å². The van der Waals surface area contributed by atoms with Crippen LogP contribution in [0.4, 0.5) is 0 Å². The maximum Gasteiger partial charge on any atom is 0.257 e. The Bertz CT molecular complexity index is 679. The van der Waals surface area contributed by atoms with E-state index in [2.05, 4.69) is 9.97 Å². The molecular weight excluding hydrogens is 244 g/mol. The molecule has 3 rings (SSSR count). The molecule has 0 spiro atoms. The van der Waals surface area contributed by atoms with Crippen molar-refractivity contribution in [3.63, 3.8) is 0 Å². The topological polar surface area (TPSA) is 75.2 Å². The third kappa shape index (κ3) is 2.07. The van der Waals surface area contributed by atoms with E-state index in [-0.39, 0.29) is 22.9 Å². The van der Waals surface area contributed by atoms with Crippen molar-refractivity contribution >= 4 is 0 Å². The number of aromatic hydroxyl groups is 1. The third-order valence-corrected chi connectivity index (χ3v) is 3.41. The third-order valence-electron chi connectivity index (χ3n) is 3.41. The van der Waals surface area contributed by atoms with E-state index in [0.717, 1.165) is 17.7 Å². The Morgan fingerprint density at radius 2 is 2.21 bits per heavy atom. The smallest absolute Gasteiger partial charge is 0.257 e. The van der Waals surface area contributed by atoms with Crippen LogP contribution >= 0.6 is 0 Å². The first-order valence-electron chi connectivity index (χ1n) is 6.15. The molecule has 5 heteroatoms. The Kier molecular flexibility index (Phi) is 2.74. The lowest BCUT2D eigenvalue weighted by Gasteiger charge is -2.24. The van der Waals surface area contributed by atoms with Crippen molar-refractivity contribution in [2.45, 2.75) is 19.3 Å². The van der Waals surface area contributed by atoms with E-state index in [4.69, 9.17) is 4.74 Å². The first-order valence-corrected chi connectivity index (χ1v) is 6.15. The van der Waals surface area contributed by atoms with Crippen LogP contribution < -0.4 is 10.3 Å². The monoisotopic (exact) mass is 258 g/mol. The number of ether oxygens (including phenoxy) is 1. The molecule has 19 heavy (non-hydrogen) atoms. The lowest BCUT2D eigenvalue weighted by molar-refractivity contribution is 0.256. The first-order chi connectivity index (χ1) is 9.15. The molecule has 2 heterocycles. The number of nitrogens with one attached hydrogen (secondary N) is 1. The second kappa shape index (κ2) is 4.42. The number of rotatable bonds is 1. The van der Waals surface area contributed by atoms with Gasteiger partial charge in [-0.05, 0) is 25.0 Å². The Hall–Kier alpha value is -2.30. The normalized spacial score (nSPS) is 17.6. The molecule has 1 aliphatic heterocycles. The van der Waals surface area contributed by atoms with Gasteiger partial charge in [0.1, 0.15) is 11.6 Å². The minimum absolute atomic E-state index is 0.0471. The highest BCUT2D eigenvalue weighted by atomic mass is 16.5. The van der Waals surface area contributed by atoms with Gasteiger partial charge in [-0.25, -0.2) is 0 Å². The fraction of sp³-hybridized carbons (Fsp3) is 0.286. The quantitative estimate of drug-likeness (QED) is 0.813. The molecule has 2 N–H and O–H groups in total. The van der Waals surface area contributed by atoms with Gasteiger partial charge in [0, 0.05) is 0 Å². The number of benzene rings is 1. The maximum absolute atomic E-state index is 11.7. The van der Waals surface area contributed by atoms with E-state index in [0.29, 0.717) is 12.4 Å². The molecule has 0 bridgehead atoms. The van der Waals surface area contributed by atoms with Gasteiger partial charge in [0.25, 0.3) is 5.56 Å². The van der Waals surface area contributed by atoms with E-state index in [1.165, 1.54) is 6.92 Å². The number of fused-ring (bicyclic) bond motifs is 1. The minimum atomic E-state index is -0.304. The zero-order valence-electron chi connectivity index (χ0n) is 10.5. The van der Waals surface area contributed by atoms with Crippen LogP contribution in [0.25, 0.3) is 0 Å². The highest BCUT2D eigenvalue weighted by Crippen LogP contribution is 2.30. The van der Waals surface area contributed by atoms with Crippen LogP contribution in [0.2, 0.25) is 0 Å². The summed E-state index contributed by atoms with van der Waals surface area (Å²) in [6, 6.07) is 7.80. The summed E-state index contributed by atoms with van der Waals surface area (Å²) in [5.74, 6) is 1.09. The van der Waals surface area contributed by atoms with Crippen molar-refractivity contribution in [2.75, 3.05) is 6.61 Å². The van der Waals surface area contributed by atoms with Gasteiger partial charge < -0.3 is 14.8 Å². The van der Waals surface area contributed by atoms with Crippen molar-refractivity contribution in [1.82, 2.24) is 9.97 Å². The lowest BCUT2D eigenvalue weighted by Crippen LogP contribution is -2.24. The van der Waals surface area contributed by atoms with Crippen LogP contribution in [0.5, 0.6) is 11.6 Å². The van der Waals surface area contributed by atoms with Gasteiger partial charge in [0.05, 0.1) is 18.1 Å². The number of hydrogen-bond donors (Lipinski definition) is 2. The molecule has 0 fully saturated rings. The summed E-state index contributed by atoms with van der Waals surface area (Å²) in [5, 5.41) is 9.63. The van der Waals surface area contributed by atoms with Gasteiger partial charge in [-0.15, -0.1) is 0 Å². The number of H-pyrrole nitrogens is 1. The van der Waals surface area contributed by atoms with Crippen LogP contribution in [0.3, 0.4) is 0 Å². The first kappa shape index (κ1) is 11.8. The Labute approximate surface area is 109 Å². The number of nitrogens with zero attached hydrogens (tertiary/aromatic N) is 1. The van der Waals surface area contributed by atoms with E-state index >= 15 is 0 Å². The summed E-state index contributed by atoms with van der Waals surface area (Å²) >= 11 is 0. The fourth-order valence-electron chi connectivity index (χ4n) is 2.23. The Morgan fingerprint density at radius 1 is 1.42 bits per heavy atom. The van der Waals surface area contributed by atoms with E-state index < -0.39 is 0 Å². The summed E-state index contributed by atoms with van der Waals surface area (Å²) in [6.45, 7) is 1.99. The molecule has 0 saturated carbocycles. The Balaban J connectivity index is 1.95. The fourth-order valence-corrected chi connectivity index (χ4v) is 2.23. The number of para-hydroxylation sites is 1. The van der Waals surface area contributed by atoms with Crippen LogP contribution in [0.15, 0.2) is 29.1 Å². The lowest BCUT2D eigenvalue weighted by atomic mass is 9.96. The van der Waals surface area contributed by atoms with Gasteiger partial charge >= 0.3 is 0 Å². The summed E-state index contributed by atoms with van der Waals surface area (Å²) in [5.41, 5.74) is 1.02. The molecule has 0 saturated heterocycles. The molecule has 1 aliphatic rings. The Morgan fingerprint density at radius 3 is 3.00 bits per heavy atom. The molecule has 0 radical (unpaired) electrons. The molecule has 1 unspecified atom stereocenters. The largest absolute Gasteiger partial charge is 0.493 e. The van der Waals surface area contributed by atoms with Crippen LogP contribution in [-0.4, -0.2) is 21.7 Å². The second-order valence-electron chi connectivity index (χ2n) is 4.72. The van der Waals surface area contributed by atoms with Crippen LogP contribution in [-0.2, 0) is 6.42 Å². The maximum atomic E-state index is 11.7. The molecule has 1 aromatic heterocycles. The molecule has 2 aromatic rings. The predicted octanol–water partition coefficient (Wildman–Crippen LogP) is 1.50. The molecular formula is C14H14N2O3. The van der Waals surface area contributed by atoms with Crippen LogP contribution in [0.1, 0.15) is 22.9 Å². The molecule has 98 valence electrons. The molecule has 1 atom stereocenters. The zero-order valence-corrected chi connectivity index (χ0v) is 10.5. The van der Waals surface area contributed by atoms with Gasteiger partial charge in [-0.2, -0.15) is 4.98 Å². The highest BCUT2D eigenvalue weighted by molar-refractivity contribution is 5.36. The summed E-state index contributed by atoms with van der Waals surface area (Å²) in [7, 11) is 0. The van der Waals surface area contributed by atoms with Gasteiger partial charge in [0.2, 0.25) is 5.88 Å². The van der Waals surface area contributed by atoms with Gasteiger partial charge in [-0.1, -0.05) is 18.2 Å². The number of aromatic amines is 1. The predicted molar refractivity (Wildman–Crippen MR) is 69.6 cm³/mol. The van der Waals surface area contributed by atoms with E-state index in [1.807, 2.05) is 24.3 Å². The molecule has 0 amide bonds.